The van der Waals surface area contributed by atoms with Gasteiger partial charge in [0.2, 0.25) is 0 Å². The number of anilines is 2. The standard InChI is InChI=1S/C25H34N4O3S/c1-19-7-10-24(20(2)17-19)33(31,32)27-21-8-9-23(28-15-11-26-12-16-28)22(18-21)25(30)29-13-5-3-4-6-14-29/h7-10,17-18,26-27H,3-6,11-16H2,1-2H3. The molecule has 2 aromatic rings. The summed E-state index contributed by atoms with van der Waals surface area (Å²) in [5, 5.41) is 3.35. The molecule has 0 atom stereocenters. The number of likely N-dealkylation sites (tertiary alicyclic amines) is 1. The Hall–Kier alpha value is -2.58. The predicted octanol–water partition coefficient (Wildman–Crippen LogP) is 3.53. The van der Waals surface area contributed by atoms with Gasteiger partial charge in [-0.1, -0.05) is 30.5 Å². The lowest BCUT2D eigenvalue weighted by molar-refractivity contribution is 0.0762. The summed E-state index contributed by atoms with van der Waals surface area (Å²) in [7, 11) is -3.77. The zero-order valence-corrected chi connectivity index (χ0v) is 20.4. The lowest BCUT2D eigenvalue weighted by Crippen LogP contribution is -2.44. The van der Waals surface area contributed by atoms with Crippen LogP contribution < -0.4 is 14.9 Å². The fraction of sp³-hybridized carbons (Fsp3) is 0.480. The highest BCUT2D eigenvalue weighted by atomic mass is 32.2. The summed E-state index contributed by atoms with van der Waals surface area (Å²) in [6.45, 7) is 8.57. The molecular weight excluding hydrogens is 436 g/mol. The molecule has 33 heavy (non-hydrogen) atoms. The highest BCUT2D eigenvalue weighted by Gasteiger charge is 2.25. The molecule has 0 aliphatic carbocycles. The van der Waals surface area contributed by atoms with Crippen LogP contribution in [0.15, 0.2) is 41.3 Å². The normalized spacial score (nSPS) is 17.5. The van der Waals surface area contributed by atoms with Gasteiger partial charge in [0.05, 0.1) is 10.5 Å². The van der Waals surface area contributed by atoms with Crippen molar-refractivity contribution in [2.24, 2.45) is 0 Å². The smallest absolute Gasteiger partial charge is 0.262 e. The van der Waals surface area contributed by atoms with Crippen LogP contribution >= 0.6 is 0 Å². The number of carbonyl (C=O) groups excluding carboxylic acids is 1. The number of nitrogens with one attached hydrogen (secondary N) is 2. The molecule has 8 heteroatoms. The third-order valence-electron chi connectivity index (χ3n) is 6.45. The van der Waals surface area contributed by atoms with Crippen LogP contribution in [0.25, 0.3) is 0 Å². The minimum atomic E-state index is -3.77. The lowest BCUT2D eigenvalue weighted by atomic mass is 10.1. The van der Waals surface area contributed by atoms with E-state index >= 15 is 0 Å². The van der Waals surface area contributed by atoms with E-state index in [1.54, 1.807) is 31.2 Å². The highest BCUT2D eigenvalue weighted by Crippen LogP contribution is 2.29. The number of piperazine rings is 1. The summed E-state index contributed by atoms with van der Waals surface area (Å²) in [6.07, 6.45) is 4.30. The van der Waals surface area contributed by atoms with E-state index in [4.69, 9.17) is 0 Å². The second kappa shape index (κ2) is 10.1. The Labute approximate surface area is 197 Å². The maximum absolute atomic E-state index is 13.6. The van der Waals surface area contributed by atoms with Crippen molar-refractivity contribution in [3.8, 4) is 0 Å². The van der Waals surface area contributed by atoms with Crippen LogP contribution in [-0.2, 0) is 10.0 Å². The van der Waals surface area contributed by atoms with Gasteiger partial charge in [-0.2, -0.15) is 0 Å². The molecule has 7 nitrogen and oxygen atoms in total. The molecule has 0 unspecified atom stereocenters. The second-order valence-corrected chi connectivity index (χ2v) is 10.7. The summed E-state index contributed by atoms with van der Waals surface area (Å²) < 4.78 is 29.0. The molecule has 178 valence electrons. The fourth-order valence-corrected chi connectivity index (χ4v) is 5.98. The first kappa shape index (κ1) is 23.6. The van der Waals surface area contributed by atoms with Crippen molar-refractivity contribution < 1.29 is 13.2 Å². The van der Waals surface area contributed by atoms with E-state index in [-0.39, 0.29) is 10.8 Å². The first-order valence-electron chi connectivity index (χ1n) is 11.8. The molecule has 2 saturated heterocycles. The number of benzene rings is 2. The molecule has 2 aromatic carbocycles. The second-order valence-electron chi connectivity index (χ2n) is 9.05. The van der Waals surface area contributed by atoms with Crippen LogP contribution in [0.5, 0.6) is 0 Å². The number of sulfonamides is 1. The monoisotopic (exact) mass is 470 g/mol. The van der Waals surface area contributed by atoms with E-state index in [0.717, 1.165) is 76.2 Å². The Morgan fingerprint density at radius 1 is 0.909 bits per heavy atom. The zero-order valence-electron chi connectivity index (χ0n) is 19.6. The first-order chi connectivity index (χ1) is 15.8. The van der Waals surface area contributed by atoms with Crippen molar-refractivity contribution in [2.45, 2.75) is 44.4 Å². The minimum Gasteiger partial charge on any atom is -0.368 e. The van der Waals surface area contributed by atoms with Gasteiger partial charge in [-0.3, -0.25) is 9.52 Å². The Balaban J connectivity index is 1.68. The van der Waals surface area contributed by atoms with Crippen LogP contribution in [0.4, 0.5) is 11.4 Å². The number of carbonyl (C=O) groups is 1. The third kappa shape index (κ3) is 5.50. The van der Waals surface area contributed by atoms with Gasteiger partial charge in [-0.25, -0.2) is 8.42 Å². The number of nitrogens with zero attached hydrogens (tertiary/aromatic N) is 2. The molecule has 0 aromatic heterocycles. The van der Waals surface area contributed by atoms with Gasteiger partial charge >= 0.3 is 0 Å². The molecule has 0 saturated carbocycles. The molecule has 2 aliphatic rings. The van der Waals surface area contributed by atoms with Crippen molar-refractivity contribution in [2.75, 3.05) is 48.9 Å². The number of hydrogen-bond donors (Lipinski definition) is 2. The van der Waals surface area contributed by atoms with Gasteiger partial charge in [0, 0.05) is 50.6 Å². The van der Waals surface area contributed by atoms with E-state index in [0.29, 0.717) is 16.8 Å². The molecule has 2 heterocycles. The summed E-state index contributed by atoms with van der Waals surface area (Å²) in [4.78, 5) is 18.0. The van der Waals surface area contributed by atoms with Crippen LogP contribution in [0.1, 0.15) is 47.2 Å². The van der Waals surface area contributed by atoms with Crippen LogP contribution in [0.2, 0.25) is 0 Å². The average molecular weight is 471 g/mol. The van der Waals surface area contributed by atoms with Crippen molar-refractivity contribution in [3.63, 3.8) is 0 Å². The van der Waals surface area contributed by atoms with Crippen LogP contribution in [0.3, 0.4) is 0 Å². The number of hydrogen-bond acceptors (Lipinski definition) is 5. The van der Waals surface area contributed by atoms with Gasteiger partial charge in [0.1, 0.15) is 0 Å². The summed E-state index contributed by atoms with van der Waals surface area (Å²) in [6, 6.07) is 10.6. The number of rotatable bonds is 5. The fourth-order valence-electron chi connectivity index (χ4n) is 4.71. The molecule has 2 fully saturated rings. The van der Waals surface area contributed by atoms with Crippen molar-refractivity contribution in [3.05, 3.63) is 53.1 Å². The van der Waals surface area contributed by atoms with Crippen molar-refractivity contribution >= 4 is 27.3 Å². The Bertz CT molecular complexity index is 1100. The van der Waals surface area contributed by atoms with Gasteiger partial charge in [-0.15, -0.1) is 0 Å². The molecule has 2 aliphatic heterocycles. The van der Waals surface area contributed by atoms with Gasteiger partial charge in [0.15, 0.2) is 0 Å². The van der Waals surface area contributed by atoms with Crippen LogP contribution in [0, 0.1) is 13.8 Å². The number of aryl methyl sites for hydroxylation is 2. The Morgan fingerprint density at radius 3 is 2.27 bits per heavy atom. The molecule has 4 rings (SSSR count). The van der Waals surface area contributed by atoms with Gasteiger partial charge in [-0.05, 0) is 56.5 Å². The quantitative estimate of drug-likeness (QED) is 0.699. The van der Waals surface area contributed by atoms with E-state index in [2.05, 4.69) is 14.9 Å². The minimum absolute atomic E-state index is 0.0157. The van der Waals surface area contributed by atoms with Gasteiger partial charge < -0.3 is 15.1 Å². The first-order valence-corrected chi connectivity index (χ1v) is 13.3. The molecule has 0 spiro atoms. The van der Waals surface area contributed by atoms with E-state index < -0.39 is 10.0 Å². The number of amides is 1. The maximum Gasteiger partial charge on any atom is 0.262 e. The maximum atomic E-state index is 13.6. The third-order valence-corrected chi connectivity index (χ3v) is 7.99. The molecule has 0 radical (unpaired) electrons. The topological polar surface area (TPSA) is 81.8 Å². The van der Waals surface area contributed by atoms with Gasteiger partial charge in [0.25, 0.3) is 15.9 Å². The molecule has 1 amide bonds. The van der Waals surface area contributed by atoms with E-state index in [1.165, 1.54) is 0 Å². The van der Waals surface area contributed by atoms with E-state index in [9.17, 15) is 13.2 Å². The SMILES string of the molecule is Cc1ccc(S(=O)(=O)Nc2ccc(N3CCNCC3)c(C(=O)N3CCCCCC3)c2)c(C)c1. The highest BCUT2D eigenvalue weighted by molar-refractivity contribution is 7.92. The van der Waals surface area contributed by atoms with E-state index in [1.807, 2.05) is 24.0 Å². The largest absolute Gasteiger partial charge is 0.368 e. The zero-order chi connectivity index (χ0) is 23.4. The molecule has 0 bridgehead atoms. The summed E-state index contributed by atoms with van der Waals surface area (Å²) in [5.41, 5.74) is 3.56. The predicted molar refractivity (Wildman–Crippen MR) is 133 cm³/mol. The lowest BCUT2D eigenvalue weighted by Gasteiger charge is -2.32. The molecular formula is C25H34N4O3S. The van der Waals surface area contributed by atoms with Crippen molar-refractivity contribution in [1.82, 2.24) is 10.2 Å². The van der Waals surface area contributed by atoms with Crippen molar-refractivity contribution in [1.29, 1.82) is 0 Å². The summed E-state index contributed by atoms with van der Waals surface area (Å²) in [5.74, 6) is -0.0157. The Kier molecular flexibility index (Phi) is 7.24. The van der Waals surface area contributed by atoms with Crippen LogP contribution in [-0.4, -0.2) is 58.5 Å². The average Bonchev–Trinajstić information content (AvgIpc) is 3.08. The molecule has 2 N–H and O–H groups in total. The Morgan fingerprint density at radius 2 is 1.61 bits per heavy atom. The summed E-state index contributed by atoms with van der Waals surface area (Å²) >= 11 is 0.